The molecule has 0 amide bonds. The molecule has 0 bridgehead atoms. The summed E-state index contributed by atoms with van der Waals surface area (Å²) in [4.78, 5) is 11.5. The van der Waals surface area contributed by atoms with E-state index in [4.69, 9.17) is 0 Å². The number of rotatable bonds is 4. The first kappa shape index (κ1) is 12.0. The second-order valence-corrected chi connectivity index (χ2v) is 5.15. The van der Waals surface area contributed by atoms with E-state index in [-0.39, 0.29) is 0 Å². The third-order valence-electron chi connectivity index (χ3n) is 2.46. The van der Waals surface area contributed by atoms with Gasteiger partial charge in [-0.3, -0.25) is 0 Å². The van der Waals surface area contributed by atoms with E-state index in [2.05, 4.69) is 48.2 Å². The third-order valence-corrected chi connectivity index (χ3v) is 3.46. The molecule has 3 nitrogen and oxygen atoms in total. The Bertz CT molecular complexity index is 505. The molecule has 2 aromatic heterocycles. The minimum Gasteiger partial charge on any atom is -0.370 e. The van der Waals surface area contributed by atoms with Crippen molar-refractivity contribution >= 4 is 17.2 Å². The third kappa shape index (κ3) is 2.82. The lowest BCUT2D eigenvalue weighted by atomic mass is 10.3. The van der Waals surface area contributed by atoms with E-state index in [1.807, 2.05) is 6.07 Å². The van der Waals surface area contributed by atoms with Gasteiger partial charge in [-0.1, -0.05) is 6.92 Å². The lowest BCUT2D eigenvalue weighted by Crippen LogP contribution is -2.03. The highest BCUT2D eigenvalue weighted by molar-refractivity contribution is 7.15. The van der Waals surface area contributed by atoms with Gasteiger partial charge in [0, 0.05) is 23.2 Å². The zero-order chi connectivity index (χ0) is 12.3. The van der Waals surface area contributed by atoms with Crippen molar-refractivity contribution in [1.82, 2.24) is 9.97 Å². The van der Waals surface area contributed by atoms with Gasteiger partial charge in [0.15, 0.2) is 5.82 Å². The van der Waals surface area contributed by atoms with Crippen molar-refractivity contribution in [3.05, 3.63) is 28.8 Å². The maximum atomic E-state index is 4.58. The highest BCUT2D eigenvalue weighted by atomic mass is 32.1. The molecule has 0 aromatic carbocycles. The summed E-state index contributed by atoms with van der Waals surface area (Å²) in [6, 6.07) is 6.22. The smallest absolute Gasteiger partial charge is 0.171 e. The van der Waals surface area contributed by atoms with Crippen LogP contribution in [0.15, 0.2) is 18.2 Å². The Hall–Kier alpha value is -1.42. The van der Waals surface area contributed by atoms with Crippen molar-refractivity contribution in [2.45, 2.75) is 27.2 Å². The second-order valence-electron chi connectivity index (χ2n) is 3.86. The van der Waals surface area contributed by atoms with Crippen molar-refractivity contribution in [2.24, 2.45) is 0 Å². The fourth-order valence-electron chi connectivity index (χ4n) is 1.62. The number of nitrogens with zero attached hydrogens (tertiary/aromatic N) is 2. The summed E-state index contributed by atoms with van der Waals surface area (Å²) in [6.45, 7) is 7.16. The standard InChI is InChI=1S/C13H17N3S/c1-4-10-8-12(14-5-2)16-13(15-10)11-7-6-9(3)17-11/h6-8H,4-5H2,1-3H3,(H,14,15,16). The highest BCUT2D eigenvalue weighted by Crippen LogP contribution is 2.26. The molecule has 0 unspecified atom stereocenters. The van der Waals surface area contributed by atoms with Crippen molar-refractivity contribution in [3.8, 4) is 10.7 Å². The molecule has 0 aliphatic carbocycles. The van der Waals surface area contributed by atoms with Crippen LogP contribution in [0.25, 0.3) is 10.7 Å². The summed E-state index contributed by atoms with van der Waals surface area (Å²) in [5, 5.41) is 3.25. The average molecular weight is 247 g/mol. The van der Waals surface area contributed by atoms with Crippen LogP contribution in [0.1, 0.15) is 24.4 Å². The quantitative estimate of drug-likeness (QED) is 0.898. The molecule has 0 aliphatic heterocycles. The van der Waals surface area contributed by atoms with E-state index in [1.54, 1.807) is 11.3 Å². The number of nitrogens with one attached hydrogen (secondary N) is 1. The Morgan fingerprint density at radius 2 is 2.06 bits per heavy atom. The van der Waals surface area contributed by atoms with E-state index in [9.17, 15) is 0 Å². The molecule has 0 spiro atoms. The molecule has 0 aliphatic rings. The van der Waals surface area contributed by atoms with Gasteiger partial charge in [0.05, 0.1) is 4.88 Å². The zero-order valence-corrected chi connectivity index (χ0v) is 11.3. The van der Waals surface area contributed by atoms with Crippen LogP contribution >= 0.6 is 11.3 Å². The second kappa shape index (κ2) is 5.27. The van der Waals surface area contributed by atoms with Crippen LogP contribution in [0.4, 0.5) is 5.82 Å². The molecule has 0 fully saturated rings. The van der Waals surface area contributed by atoms with Gasteiger partial charge >= 0.3 is 0 Å². The molecule has 1 N–H and O–H groups in total. The first-order valence-corrected chi connectivity index (χ1v) is 6.73. The number of aromatic nitrogens is 2. The largest absolute Gasteiger partial charge is 0.370 e. The van der Waals surface area contributed by atoms with Crippen LogP contribution in [0.3, 0.4) is 0 Å². The first-order valence-electron chi connectivity index (χ1n) is 5.91. The minimum absolute atomic E-state index is 0.832. The van der Waals surface area contributed by atoms with Crippen LogP contribution in [-0.2, 0) is 6.42 Å². The Morgan fingerprint density at radius 1 is 1.24 bits per heavy atom. The summed E-state index contributed by atoms with van der Waals surface area (Å²) >= 11 is 1.73. The molecule has 2 aromatic rings. The molecule has 4 heteroatoms. The minimum atomic E-state index is 0.832. The number of anilines is 1. The van der Waals surface area contributed by atoms with Crippen LogP contribution in [0.5, 0.6) is 0 Å². The molecule has 0 atom stereocenters. The molecule has 90 valence electrons. The Kier molecular flexibility index (Phi) is 3.74. The lowest BCUT2D eigenvalue weighted by Gasteiger charge is -2.06. The fraction of sp³-hybridized carbons (Fsp3) is 0.385. The first-order chi connectivity index (χ1) is 8.22. The SMILES string of the molecule is CCNc1cc(CC)nc(-c2ccc(C)s2)n1. The Labute approximate surface area is 106 Å². The summed E-state index contributed by atoms with van der Waals surface area (Å²) in [5.74, 6) is 1.75. The fourth-order valence-corrected chi connectivity index (χ4v) is 2.42. The summed E-state index contributed by atoms with van der Waals surface area (Å²) in [6.07, 6.45) is 0.929. The van der Waals surface area contributed by atoms with Crippen LogP contribution in [0, 0.1) is 6.92 Å². The Morgan fingerprint density at radius 3 is 2.65 bits per heavy atom. The summed E-state index contributed by atoms with van der Waals surface area (Å²) < 4.78 is 0. The van der Waals surface area contributed by atoms with Crippen molar-refractivity contribution in [2.75, 3.05) is 11.9 Å². The van der Waals surface area contributed by atoms with Crippen LogP contribution in [0.2, 0.25) is 0 Å². The summed E-state index contributed by atoms with van der Waals surface area (Å²) in [7, 11) is 0. The highest BCUT2D eigenvalue weighted by Gasteiger charge is 2.07. The monoisotopic (exact) mass is 247 g/mol. The van der Waals surface area contributed by atoms with E-state index >= 15 is 0 Å². The Balaban J connectivity index is 2.42. The molecule has 2 heterocycles. The van der Waals surface area contributed by atoms with Crippen molar-refractivity contribution in [3.63, 3.8) is 0 Å². The van der Waals surface area contributed by atoms with E-state index < -0.39 is 0 Å². The number of aryl methyl sites for hydroxylation is 2. The van der Waals surface area contributed by atoms with Gasteiger partial charge in [0.1, 0.15) is 5.82 Å². The number of thiophene rings is 1. The molecule has 0 saturated carbocycles. The van der Waals surface area contributed by atoms with Crippen molar-refractivity contribution in [1.29, 1.82) is 0 Å². The van der Waals surface area contributed by atoms with Gasteiger partial charge in [0.25, 0.3) is 0 Å². The molecular weight excluding hydrogens is 230 g/mol. The van der Waals surface area contributed by atoms with Gasteiger partial charge in [-0.15, -0.1) is 11.3 Å². The van der Waals surface area contributed by atoms with Gasteiger partial charge in [-0.2, -0.15) is 0 Å². The predicted molar refractivity (Wildman–Crippen MR) is 73.6 cm³/mol. The molecule has 17 heavy (non-hydrogen) atoms. The average Bonchev–Trinajstić information content (AvgIpc) is 2.76. The molecule has 0 radical (unpaired) electrons. The van der Waals surface area contributed by atoms with Gasteiger partial charge in [0.2, 0.25) is 0 Å². The van der Waals surface area contributed by atoms with Gasteiger partial charge in [-0.05, 0) is 32.4 Å². The van der Waals surface area contributed by atoms with Gasteiger partial charge < -0.3 is 5.32 Å². The number of hydrogen-bond acceptors (Lipinski definition) is 4. The van der Waals surface area contributed by atoms with Gasteiger partial charge in [-0.25, -0.2) is 9.97 Å². The molecule has 2 rings (SSSR count). The van der Waals surface area contributed by atoms with Crippen molar-refractivity contribution < 1.29 is 0 Å². The normalized spacial score (nSPS) is 10.5. The predicted octanol–water partition coefficient (Wildman–Crippen LogP) is 3.51. The maximum Gasteiger partial charge on any atom is 0.171 e. The topological polar surface area (TPSA) is 37.8 Å². The van der Waals surface area contributed by atoms with E-state index in [0.717, 1.165) is 35.2 Å². The number of hydrogen-bond donors (Lipinski definition) is 1. The zero-order valence-electron chi connectivity index (χ0n) is 10.4. The van der Waals surface area contributed by atoms with E-state index in [1.165, 1.54) is 4.88 Å². The lowest BCUT2D eigenvalue weighted by molar-refractivity contribution is 1.00. The maximum absolute atomic E-state index is 4.58. The summed E-state index contributed by atoms with van der Waals surface area (Å²) in [5.41, 5.74) is 1.08. The van der Waals surface area contributed by atoms with E-state index in [0.29, 0.717) is 0 Å². The van der Waals surface area contributed by atoms with Crippen LogP contribution in [-0.4, -0.2) is 16.5 Å². The molecular formula is C13H17N3S. The molecule has 0 saturated heterocycles. The van der Waals surface area contributed by atoms with Crippen LogP contribution < -0.4 is 5.32 Å².